The fraction of sp³-hybridized carbons (Fsp3) is 0.250. The average molecular weight is 487 g/mol. The number of carboxylic acid groups (broad SMARTS) is 1. The topological polar surface area (TPSA) is 108 Å². The van der Waals surface area contributed by atoms with E-state index in [1.54, 1.807) is 12.1 Å². The fourth-order valence-electron chi connectivity index (χ4n) is 3.26. The lowest BCUT2D eigenvalue weighted by atomic mass is 9.94. The van der Waals surface area contributed by atoms with E-state index in [9.17, 15) is 23.7 Å². The Morgan fingerprint density at radius 3 is 2.52 bits per heavy atom. The Morgan fingerprint density at radius 2 is 1.94 bits per heavy atom. The van der Waals surface area contributed by atoms with Gasteiger partial charge in [0.25, 0.3) is 7.37 Å². The fourth-order valence-corrected chi connectivity index (χ4v) is 5.03. The third-order valence-corrected chi connectivity index (χ3v) is 7.02. The number of pyridine rings is 1. The van der Waals surface area contributed by atoms with Crippen LogP contribution in [0, 0.1) is 17.4 Å². The molecule has 0 aliphatic rings. The molecule has 0 aliphatic heterocycles. The standard InChI is InChI=1S/C24H23FNO5PS/c1-15(2)24-19(9-10-32(30,31)14-18(27)12-23(28)29)20(16-5-7-17(25)8-6-16)13-21(26-24)22-4-3-11-33-22/h3-8,11,13,15,18,27H,12,14H2,1-2H3,(H,28,29)(H,30,31)/t18-/m1/s1. The molecule has 0 radical (unpaired) electrons. The number of hydrogen-bond donors (Lipinski definition) is 3. The second-order valence-corrected chi connectivity index (χ2v) is 10.8. The molecule has 3 rings (SSSR count). The van der Waals surface area contributed by atoms with E-state index >= 15 is 0 Å². The van der Waals surface area contributed by atoms with Gasteiger partial charge in [0.1, 0.15) is 5.82 Å². The van der Waals surface area contributed by atoms with Gasteiger partial charge in [-0.2, -0.15) is 0 Å². The first-order valence-corrected chi connectivity index (χ1v) is 12.9. The minimum Gasteiger partial charge on any atom is -0.481 e. The van der Waals surface area contributed by atoms with Crippen molar-refractivity contribution in [3.05, 3.63) is 64.9 Å². The first kappa shape index (κ1) is 24.8. The molecule has 9 heteroatoms. The van der Waals surface area contributed by atoms with Crippen molar-refractivity contribution >= 4 is 24.7 Å². The predicted molar refractivity (Wildman–Crippen MR) is 127 cm³/mol. The van der Waals surface area contributed by atoms with Crippen molar-refractivity contribution in [1.29, 1.82) is 0 Å². The van der Waals surface area contributed by atoms with Crippen LogP contribution >= 0.6 is 18.7 Å². The Kier molecular flexibility index (Phi) is 7.83. The summed E-state index contributed by atoms with van der Waals surface area (Å²) in [6.07, 6.45) is -2.80. The number of rotatable bonds is 7. The van der Waals surface area contributed by atoms with Gasteiger partial charge in [-0.05, 0) is 46.8 Å². The van der Waals surface area contributed by atoms with E-state index in [0.717, 1.165) is 4.88 Å². The molecule has 3 N–H and O–H groups in total. The molecule has 0 saturated carbocycles. The maximum atomic E-state index is 13.6. The molecule has 3 aromatic rings. The highest BCUT2D eigenvalue weighted by atomic mass is 32.1. The number of aromatic nitrogens is 1. The summed E-state index contributed by atoms with van der Waals surface area (Å²) in [5, 5.41) is 20.5. The van der Waals surface area contributed by atoms with Crippen LogP contribution in [0.25, 0.3) is 21.7 Å². The lowest BCUT2D eigenvalue weighted by Gasteiger charge is -2.15. The summed E-state index contributed by atoms with van der Waals surface area (Å²) in [5.41, 5.74) is 5.40. The summed E-state index contributed by atoms with van der Waals surface area (Å²) in [7, 11) is -4.16. The zero-order valence-corrected chi connectivity index (χ0v) is 19.7. The van der Waals surface area contributed by atoms with Crippen LogP contribution in [0.15, 0.2) is 47.8 Å². The average Bonchev–Trinajstić information content (AvgIpc) is 3.26. The van der Waals surface area contributed by atoms with Gasteiger partial charge in [0.05, 0.1) is 40.5 Å². The molecule has 1 unspecified atom stereocenters. The number of benzene rings is 1. The quantitative estimate of drug-likeness (QED) is 0.314. The molecule has 0 spiro atoms. The summed E-state index contributed by atoms with van der Waals surface area (Å²) >= 11 is 1.52. The molecule has 2 atom stereocenters. The van der Waals surface area contributed by atoms with Gasteiger partial charge in [0.15, 0.2) is 0 Å². The maximum absolute atomic E-state index is 13.6. The second kappa shape index (κ2) is 10.4. The molecular weight excluding hydrogens is 464 g/mol. The number of nitrogens with zero attached hydrogens (tertiary/aromatic N) is 1. The van der Waals surface area contributed by atoms with E-state index in [4.69, 9.17) is 10.1 Å². The zero-order chi connectivity index (χ0) is 24.2. The highest BCUT2D eigenvalue weighted by Crippen LogP contribution is 2.41. The normalized spacial score (nSPS) is 13.8. The Hall–Kier alpha value is -2.82. The van der Waals surface area contributed by atoms with Gasteiger partial charge in [0, 0.05) is 5.56 Å². The Balaban J connectivity index is 2.15. The number of thiophene rings is 1. The van der Waals surface area contributed by atoms with E-state index in [1.165, 1.54) is 23.5 Å². The van der Waals surface area contributed by atoms with Crippen LogP contribution in [-0.4, -0.2) is 38.3 Å². The number of aliphatic carboxylic acids is 1. The monoisotopic (exact) mass is 487 g/mol. The number of carboxylic acids is 1. The molecule has 2 heterocycles. The molecule has 0 aliphatic carbocycles. The van der Waals surface area contributed by atoms with Crippen LogP contribution < -0.4 is 0 Å². The number of aliphatic hydroxyl groups is 1. The number of halogens is 1. The first-order chi connectivity index (χ1) is 15.6. The third-order valence-electron chi connectivity index (χ3n) is 4.75. The Morgan fingerprint density at radius 1 is 1.24 bits per heavy atom. The SMILES string of the molecule is CC(C)c1nc(-c2cccs2)cc(-c2ccc(F)cc2)c1C#CP(=O)(O)C[C@H](O)CC(=O)O. The largest absolute Gasteiger partial charge is 0.481 e. The van der Waals surface area contributed by atoms with Gasteiger partial charge in [-0.3, -0.25) is 14.3 Å². The van der Waals surface area contributed by atoms with Crippen LogP contribution in [-0.2, 0) is 9.36 Å². The van der Waals surface area contributed by atoms with Crippen LogP contribution in [0.3, 0.4) is 0 Å². The lowest BCUT2D eigenvalue weighted by molar-refractivity contribution is -0.138. The van der Waals surface area contributed by atoms with Gasteiger partial charge in [0.2, 0.25) is 0 Å². The summed E-state index contributed by atoms with van der Waals surface area (Å²) in [6.45, 7) is 3.85. The zero-order valence-electron chi connectivity index (χ0n) is 18.0. The van der Waals surface area contributed by atoms with Crippen LogP contribution in [0.5, 0.6) is 0 Å². The molecule has 172 valence electrons. The van der Waals surface area contributed by atoms with Crippen molar-refractivity contribution < 1.29 is 28.9 Å². The molecule has 1 aromatic carbocycles. The molecule has 33 heavy (non-hydrogen) atoms. The Labute approximate surface area is 195 Å². The van der Waals surface area contributed by atoms with Crippen molar-refractivity contribution in [3.63, 3.8) is 0 Å². The highest BCUT2D eigenvalue weighted by molar-refractivity contribution is 7.63. The molecule has 2 aromatic heterocycles. The van der Waals surface area contributed by atoms with Gasteiger partial charge in [-0.15, -0.1) is 11.3 Å². The van der Waals surface area contributed by atoms with Gasteiger partial charge in [-0.25, -0.2) is 4.39 Å². The minimum atomic E-state index is -4.16. The van der Waals surface area contributed by atoms with E-state index < -0.39 is 37.8 Å². The lowest BCUT2D eigenvalue weighted by Crippen LogP contribution is -2.17. The Bertz CT molecular complexity index is 1250. The van der Waals surface area contributed by atoms with Gasteiger partial charge >= 0.3 is 5.97 Å². The molecule has 0 amide bonds. The van der Waals surface area contributed by atoms with E-state index in [2.05, 4.69) is 11.6 Å². The van der Waals surface area contributed by atoms with E-state index in [1.807, 2.05) is 37.4 Å². The van der Waals surface area contributed by atoms with Crippen molar-refractivity contribution in [3.8, 4) is 33.3 Å². The molecule has 0 saturated heterocycles. The summed E-state index contributed by atoms with van der Waals surface area (Å²) in [4.78, 5) is 26.7. The van der Waals surface area contributed by atoms with Crippen LogP contribution in [0.4, 0.5) is 4.39 Å². The van der Waals surface area contributed by atoms with Crippen molar-refractivity contribution in [1.82, 2.24) is 4.98 Å². The molecule has 0 fully saturated rings. The van der Waals surface area contributed by atoms with E-state index in [-0.39, 0.29) is 5.92 Å². The van der Waals surface area contributed by atoms with Crippen molar-refractivity contribution in [2.24, 2.45) is 0 Å². The second-order valence-electron chi connectivity index (χ2n) is 7.83. The third kappa shape index (κ3) is 6.59. The van der Waals surface area contributed by atoms with Crippen molar-refractivity contribution in [2.45, 2.75) is 32.3 Å². The minimum absolute atomic E-state index is 0.0795. The highest BCUT2D eigenvalue weighted by Gasteiger charge is 2.23. The predicted octanol–water partition coefficient (Wildman–Crippen LogP) is 5.15. The number of aliphatic hydroxyl groups excluding tert-OH is 1. The maximum Gasteiger partial charge on any atom is 0.305 e. The number of hydrogen-bond acceptors (Lipinski definition) is 5. The molecular formula is C24H23FNO5PS. The summed E-state index contributed by atoms with van der Waals surface area (Å²) in [6, 6.07) is 11.5. The van der Waals surface area contributed by atoms with Gasteiger partial charge < -0.3 is 15.1 Å². The first-order valence-electron chi connectivity index (χ1n) is 10.2. The smallest absolute Gasteiger partial charge is 0.305 e. The van der Waals surface area contributed by atoms with E-state index in [0.29, 0.717) is 28.1 Å². The molecule has 6 nitrogen and oxygen atoms in total. The van der Waals surface area contributed by atoms with Gasteiger partial charge in [-0.1, -0.05) is 38.0 Å². The molecule has 0 bridgehead atoms. The summed E-state index contributed by atoms with van der Waals surface area (Å²) in [5.74, 6) is 1.03. The number of carbonyl (C=O) groups is 1. The summed E-state index contributed by atoms with van der Waals surface area (Å²) < 4.78 is 26.1. The van der Waals surface area contributed by atoms with Crippen molar-refractivity contribution in [2.75, 3.05) is 6.16 Å². The van der Waals surface area contributed by atoms with Crippen LogP contribution in [0.2, 0.25) is 0 Å². The van der Waals surface area contributed by atoms with Crippen LogP contribution in [0.1, 0.15) is 37.4 Å².